The quantitative estimate of drug-likeness (QED) is 0.438. The van der Waals surface area contributed by atoms with E-state index in [9.17, 15) is 4.79 Å². The molecule has 4 heterocycles. The molecule has 1 amide bonds. The van der Waals surface area contributed by atoms with Crippen LogP contribution in [-0.4, -0.2) is 39.8 Å². The number of carbonyl (C=O) groups excluding carboxylic acids is 1. The fourth-order valence-corrected chi connectivity index (χ4v) is 4.14. The second-order valence-electron chi connectivity index (χ2n) is 9.41. The molecule has 4 aromatic heterocycles. The topological polar surface area (TPSA) is 109 Å². The molecule has 9 nitrogen and oxygen atoms in total. The van der Waals surface area contributed by atoms with E-state index >= 15 is 0 Å². The first-order chi connectivity index (χ1) is 16.2. The van der Waals surface area contributed by atoms with E-state index in [1.54, 1.807) is 34.0 Å². The maximum Gasteiger partial charge on any atom is 0.269 e. The molecular weight excluding hydrogens is 428 g/mol. The summed E-state index contributed by atoms with van der Waals surface area (Å²) in [6.07, 6.45) is 9.22. The van der Waals surface area contributed by atoms with Crippen LogP contribution in [0.1, 0.15) is 42.4 Å². The monoisotopic (exact) mass is 454 g/mol. The van der Waals surface area contributed by atoms with Crippen LogP contribution in [0.3, 0.4) is 0 Å². The molecule has 0 bridgehead atoms. The van der Waals surface area contributed by atoms with E-state index in [0.717, 1.165) is 33.9 Å². The van der Waals surface area contributed by atoms with Crippen LogP contribution in [0, 0.1) is 0 Å². The van der Waals surface area contributed by atoms with Crippen LogP contribution >= 0.6 is 0 Å². The molecule has 9 heteroatoms. The predicted octanol–water partition coefficient (Wildman–Crippen LogP) is 3.44. The molecule has 2 N–H and O–H groups in total. The number of carbonyl (C=O) groups is 1. The second-order valence-corrected chi connectivity index (χ2v) is 9.41. The van der Waals surface area contributed by atoms with Crippen molar-refractivity contribution in [2.75, 3.05) is 0 Å². The Labute approximate surface area is 196 Å². The van der Waals surface area contributed by atoms with Crippen molar-refractivity contribution in [2.24, 2.45) is 12.8 Å². The fourth-order valence-electron chi connectivity index (χ4n) is 4.14. The zero-order chi connectivity index (χ0) is 24.0. The Hall–Kier alpha value is -4.27. The highest BCUT2D eigenvalue weighted by molar-refractivity contribution is 5.90. The van der Waals surface area contributed by atoms with E-state index in [4.69, 9.17) is 10.7 Å². The number of hydrogen-bond acceptors (Lipinski definition) is 5. The number of aromatic nitrogens is 7. The van der Waals surface area contributed by atoms with Crippen molar-refractivity contribution in [2.45, 2.75) is 32.7 Å². The molecule has 0 saturated carbocycles. The van der Waals surface area contributed by atoms with Gasteiger partial charge < -0.3 is 5.73 Å². The summed E-state index contributed by atoms with van der Waals surface area (Å²) in [4.78, 5) is 20.9. The number of aryl methyl sites for hydroxylation is 1. The lowest BCUT2D eigenvalue weighted by atomic mass is 9.82. The van der Waals surface area contributed by atoms with Crippen LogP contribution in [0.4, 0.5) is 0 Å². The average Bonchev–Trinajstić information content (AvgIpc) is 3.53. The molecule has 5 aromatic rings. The third kappa shape index (κ3) is 3.96. The van der Waals surface area contributed by atoms with E-state index in [-0.39, 0.29) is 11.1 Å². The molecule has 0 atom stereocenters. The molecule has 1 aromatic carbocycles. The van der Waals surface area contributed by atoms with Gasteiger partial charge in [0.05, 0.1) is 18.4 Å². The number of primary amides is 1. The van der Waals surface area contributed by atoms with E-state index in [1.807, 2.05) is 29.9 Å². The van der Waals surface area contributed by atoms with E-state index in [0.29, 0.717) is 6.54 Å². The number of rotatable bonds is 5. The largest absolute Gasteiger partial charge is 0.364 e. The number of benzene rings is 1. The molecule has 0 radical (unpaired) electrons. The molecular formula is C25H26N8O. The normalized spacial score (nSPS) is 11.9. The number of hydrogen-bond donors (Lipinski definition) is 1. The highest BCUT2D eigenvalue weighted by atomic mass is 16.1. The molecule has 5 rings (SSSR count). The lowest BCUT2D eigenvalue weighted by molar-refractivity contribution is 0.0994. The number of fused-ring (bicyclic) bond motifs is 1. The van der Waals surface area contributed by atoms with E-state index < -0.39 is 5.91 Å². The van der Waals surface area contributed by atoms with Crippen molar-refractivity contribution in [3.05, 3.63) is 78.1 Å². The van der Waals surface area contributed by atoms with Crippen LogP contribution in [0.2, 0.25) is 0 Å². The SMILES string of the molecule is Cn1cc(-c2cc3nccn3c(-c3ccc(Cn4ccc(C(N)=O)n4)c(C(C)(C)C)c3)n2)cn1. The highest BCUT2D eigenvalue weighted by Gasteiger charge is 2.21. The Bertz CT molecular complexity index is 1520. The summed E-state index contributed by atoms with van der Waals surface area (Å²) in [5, 5.41) is 8.59. The highest BCUT2D eigenvalue weighted by Crippen LogP contribution is 2.32. The van der Waals surface area contributed by atoms with E-state index in [2.05, 4.69) is 54.2 Å². The first-order valence-corrected chi connectivity index (χ1v) is 11.0. The summed E-state index contributed by atoms with van der Waals surface area (Å²) in [6.45, 7) is 7.07. The summed E-state index contributed by atoms with van der Waals surface area (Å²) >= 11 is 0. The Morgan fingerprint density at radius 1 is 1.09 bits per heavy atom. The smallest absolute Gasteiger partial charge is 0.269 e. The minimum absolute atomic E-state index is 0.125. The summed E-state index contributed by atoms with van der Waals surface area (Å²) in [7, 11) is 1.89. The molecule has 34 heavy (non-hydrogen) atoms. The van der Waals surface area contributed by atoms with Gasteiger partial charge >= 0.3 is 0 Å². The van der Waals surface area contributed by atoms with Gasteiger partial charge in [-0.1, -0.05) is 32.9 Å². The number of amides is 1. The van der Waals surface area contributed by atoms with Crippen LogP contribution in [-0.2, 0) is 19.0 Å². The van der Waals surface area contributed by atoms with Crippen molar-refractivity contribution >= 4 is 11.6 Å². The zero-order valence-electron chi connectivity index (χ0n) is 19.6. The zero-order valence-corrected chi connectivity index (χ0v) is 19.6. The van der Waals surface area contributed by atoms with Crippen molar-refractivity contribution in [1.29, 1.82) is 0 Å². The molecule has 0 aliphatic carbocycles. The molecule has 0 spiro atoms. The molecule has 172 valence electrons. The van der Waals surface area contributed by atoms with Gasteiger partial charge in [-0.2, -0.15) is 10.2 Å². The van der Waals surface area contributed by atoms with Crippen molar-refractivity contribution in [3.8, 4) is 22.6 Å². The van der Waals surface area contributed by atoms with Crippen molar-refractivity contribution in [3.63, 3.8) is 0 Å². The summed E-state index contributed by atoms with van der Waals surface area (Å²) < 4.78 is 5.49. The Morgan fingerprint density at radius 3 is 2.59 bits per heavy atom. The van der Waals surface area contributed by atoms with Crippen LogP contribution in [0.5, 0.6) is 0 Å². The maximum atomic E-state index is 11.4. The maximum absolute atomic E-state index is 11.4. The molecule has 0 aliphatic rings. The number of nitrogens with two attached hydrogens (primary N) is 1. The van der Waals surface area contributed by atoms with Crippen LogP contribution in [0.25, 0.3) is 28.3 Å². The van der Waals surface area contributed by atoms with Gasteiger partial charge in [-0.3, -0.25) is 18.6 Å². The lowest BCUT2D eigenvalue weighted by Crippen LogP contribution is -2.17. The summed E-state index contributed by atoms with van der Waals surface area (Å²) in [5.74, 6) is 0.273. The number of imidazole rings is 1. The van der Waals surface area contributed by atoms with Crippen molar-refractivity contribution < 1.29 is 4.79 Å². The predicted molar refractivity (Wildman–Crippen MR) is 129 cm³/mol. The Morgan fingerprint density at radius 2 is 1.91 bits per heavy atom. The average molecular weight is 455 g/mol. The van der Waals surface area contributed by atoms with Gasteiger partial charge in [0.1, 0.15) is 17.2 Å². The van der Waals surface area contributed by atoms with Gasteiger partial charge in [-0.15, -0.1) is 0 Å². The van der Waals surface area contributed by atoms with Crippen LogP contribution in [0.15, 0.2) is 61.3 Å². The number of nitrogens with zero attached hydrogens (tertiary/aromatic N) is 7. The second kappa shape index (κ2) is 7.95. The minimum Gasteiger partial charge on any atom is -0.364 e. The first kappa shape index (κ1) is 21.6. The molecule has 0 fully saturated rings. The lowest BCUT2D eigenvalue weighted by Gasteiger charge is -2.24. The fraction of sp³-hybridized carbons (Fsp3) is 0.240. The summed E-state index contributed by atoms with van der Waals surface area (Å²) in [6, 6.07) is 9.95. The van der Waals surface area contributed by atoms with Crippen LogP contribution < -0.4 is 5.73 Å². The Kier molecular flexibility index (Phi) is 5.04. The van der Waals surface area contributed by atoms with Crippen molar-refractivity contribution in [1.82, 2.24) is 33.9 Å². The molecule has 0 saturated heterocycles. The third-order valence-electron chi connectivity index (χ3n) is 5.79. The molecule has 0 unspecified atom stereocenters. The van der Waals surface area contributed by atoms with Gasteiger partial charge in [-0.25, -0.2) is 9.97 Å². The van der Waals surface area contributed by atoms with Gasteiger partial charge in [0, 0.05) is 49.0 Å². The van der Waals surface area contributed by atoms with Gasteiger partial charge in [0.15, 0.2) is 0 Å². The standard InChI is InChI=1S/C25H26N8O/c1-25(2,3)19-11-16(5-6-17(19)15-32-9-7-20(30-32)23(26)34)24-29-21(18-13-28-31(4)14-18)12-22-27-8-10-33(22)24/h5-14H,15H2,1-4H3,(H2,26,34). The first-order valence-electron chi connectivity index (χ1n) is 11.0. The third-order valence-corrected chi connectivity index (χ3v) is 5.79. The minimum atomic E-state index is -0.533. The van der Waals surface area contributed by atoms with Gasteiger partial charge in [0.2, 0.25) is 0 Å². The Balaban J connectivity index is 1.62. The van der Waals surface area contributed by atoms with Gasteiger partial charge in [-0.05, 0) is 28.7 Å². The van der Waals surface area contributed by atoms with Gasteiger partial charge in [0.25, 0.3) is 5.91 Å². The van der Waals surface area contributed by atoms with E-state index in [1.165, 1.54) is 5.56 Å². The summed E-state index contributed by atoms with van der Waals surface area (Å²) in [5.41, 5.74) is 11.3. The molecule has 0 aliphatic heterocycles.